The van der Waals surface area contributed by atoms with Gasteiger partial charge in [-0.05, 0) is 36.2 Å². The average Bonchev–Trinajstić information content (AvgIpc) is 2.41. The second kappa shape index (κ2) is 6.93. The summed E-state index contributed by atoms with van der Waals surface area (Å²) in [6, 6.07) is 8.58. The lowest BCUT2D eigenvalue weighted by atomic mass is 10.1. The van der Waals surface area contributed by atoms with Crippen molar-refractivity contribution < 1.29 is 4.79 Å². The Kier molecular flexibility index (Phi) is 5.24. The van der Waals surface area contributed by atoms with Gasteiger partial charge in [-0.25, -0.2) is 4.98 Å². The van der Waals surface area contributed by atoms with E-state index in [4.69, 9.17) is 34.8 Å². The van der Waals surface area contributed by atoms with Crippen LogP contribution in [0.4, 0.5) is 0 Å². The number of halogens is 3. The van der Waals surface area contributed by atoms with Gasteiger partial charge in [0.2, 0.25) is 0 Å². The molecule has 104 valence electrons. The third-order valence-corrected chi connectivity index (χ3v) is 3.56. The molecule has 2 aromatic rings. The number of carbonyl (C=O) groups is 1. The highest BCUT2D eigenvalue weighted by Crippen LogP contribution is 2.21. The SMILES string of the molecule is O=C(NCCc1ccc(Cl)cc1Cl)c1ncccc1Cl. The third-order valence-electron chi connectivity index (χ3n) is 2.67. The lowest BCUT2D eigenvalue weighted by Gasteiger charge is -2.07. The van der Waals surface area contributed by atoms with Gasteiger partial charge in [-0.3, -0.25) is 4.79 Å². The summed E-state index contributed by atoms with van der Waals surface area (Å²) in [5, 5.41) is 4.25. The lowest BCUT2D eigenvalue weighted by Crippen LogP contribution is -2.26. The van der Waals surface area contributed by atoms with Gasteiger partial charge >= 0.3 is 0 Å². The van der Waals surface area contributed by atoms with Gasteiger partial charge in [-0.2, -0.15) is 0 Å². The van der Waals surface area contributed by atoms with Crippen LogP contribution in [0.25, 0.3) is 0 Å². The van der Waals surface area contributed by atoms with Crippen molar-refractivity contribution in [1.82, 2.24) is 10.3 Å². The highest BCUT2D eigenvalue weighted by molar-refractivity contribution is 6.35. The average molecular weight is 330 g/mol. The van der Waals surface area contributed by atoms with Gasteiger partial charge in [0.1, 0.15) is 5.69 Å². The highest BCUT2D eigenvalue weighted by Gasteiger charge is 2.10. The predicted octanol–water partition coefficient (Wildman–Crippen LogP) is 4.01. The molecule has 0 unspecified atom stereocenters. The standard InChI is InChI=1S/C14H11Cl3N2O/c15-10-4-3-9(12(17)8-10)5-7-19-14(20)13-11(16)2-1-6-18-13/h1-4,6,8H,5,7H2,(H,19,20). The second-order valence-corrected chi connectivity index (χ2v) is 5.33. The zero-order valence-corrected chi connectivity index (χ0v) is 12.6. The van der Waals surface area contributed by atoms with E-state index >= 15 is 0 Å². The molecule has 0 aliphatic carbocycles. The molecule has 0 aliphatic heterocycles. The van der Waals surface area contributed by atoms with Crippen LogP contribution in [-0.4, -0.2) is 17.4 Å². The number of nitrogens with one attached hydrogen (secondary N) is 1. The van der Waals surface area contributed by atoms with E-state index in [0.717, 1.165) is 5.56 Å². The van der Waals surface area contributed by atoms with Crippen molar-refractivity contribution in [3.05, 3.63) is 62.9 Å². The smallest absolute Gasteiger partial charge is 0.271 e. The van der Waals surface area contributed by atoms with Crippen molar-refractivity contribution in [3.63, 3.8) is 0 Å². The van der Waals surface area contributed by atoms with Gasteiger partial charge in [0, 0.05) is 22.8 Å². The molecule has 1 N–H and O–H groups in total. The molecule has 1 amide bonds. The molecule has 0 saturated heterocycles. The molecule has 1 heterocycles. The molecular formula is C14H11Cl3N2O. The molecule has 2 rings (SSSR count). The molecule has 0 saturated carbocycles. The molecule has 1 aromatic carbocycles. The molecule has 3 nitrogen and oxygen atoms in total. The van der Waals surface area contributed by atoms with E-state index < -0.39 is 0 Å². The topological polar surface area (TPSA) is 42.0 Å². The van der Waals surface area contributed by atoms with Gasteiger partial charge in [-0.15, -0.1) is 0 Å². The summed E-state index contributed by atoms with van der Waals surface area (Å²) in [6.45, 7) is 0.438. The summed E-state index contributed by atoms with van der Waals surface area (Å²) in [6.07, 6.45) is 2.13. The Morgan fingerprint density at radius 1 is 1.15 bits per heavy atom. The normalized spacial score (nSPS) is 10.3. The van der Waals surface area contributed by atoms with E-state index in [0.29, 0.717) is 28.0 Å². The monoisotopic (exact) mass is 328 g/mol. The Morgan fingerprint density at radius 3 is 2.65 bits per heavy atom. The largest absolute Gasteiger partial charge is 0.350 e. The predicted molar refractivity (Wildman–Crippen MR) is 81.7 cm³/mol. The second-order valence-electron chi connectivity index (χ2n) is 4.08. The molecule has 0 fully saturated rings. The van der Waals surface area contributed by atoms with Crippen LogP contribution in [0.2, 0.25) is 15.1 Å². The minimum absolute atomic E-state index is 0.219. The molecular weight excluding hydrogens is 319 g/mol. The van der Waals surface area contributed by atoms with E-state index in [1.807, 2.05) is 6.07 Å². The van der Waals surface area contributed by atoms with Crippen molar-refractivity contribution in [1.29, 1.82) is 0 Å². The maximum Gasteiger partial charge on any atom is 0.271 e. The summed E-state index contributed by atoms with van der Waals surface area (Å²) in [5.74, 6) is -0.305. The summed E-state index contributed by atoms with van der Waals surface area (Å²) in [5.41, 5.74) is 1.14. The Morgan fingerprint density at radius 2 is 1.95 bits per heavy atom. The van der Waals surface area contributed by atoms with E-state index in [1.54, 1.807) is 24.3 Å². The first-order valence-electron chi connectivity index (χ1n) is 5.90. The third kappa shape index (κ3) is 3.85. The van der Waals surface area contributed by atoms with Crippen molar-refractivity contribution in [2.24, 2.45) is 0 Å². The number of rotatable bonds is 4. The number of pyridine rings is 1. The Hall–Kier alpha value is -1.29. The van der Waals surface area contributed by atoms with Crippen LogP contribution >= 0.6 is 34.8 Å². The summed E-state index contributed by atoms with van der Waals surface area (Å²) in [7, 11) is 0. The summed E-state index contributed by atoms with van der Waals surface area (Å²) in [4.78, 5) is 15.8. The van der Waals surface area contributed by atoms with Crippen LogP contribution in [0.15, 0.2) is 36.5 Å². The molecule has 1 aromatic heterocycles. The van der Waals surface area contributed by atoms with Crippen LogP contribution in [0.1, 0.15) is 16.1 Å². The summed E-state index contributed by atoms with van der Waals surface area (Å²) >= 11 is 17.8. The van der Waals surface area contributed by atoms with Crippen LogP contribution in [-0.2, 0) is 6.42 Å². The van der Waals surface area contributed by atoms with E-state index in [9.17, 15) is 4.79 Å². The number of nitrogens with zero attached hydrogens (tertiary/aromatic N) is 1. The molecule has 6 heteroatoms. The summed E-state index contributed by atoms with van der Waals surface area (Å²) < 4.78 is 0. The van der Waals surface area contributed by atoms with Gasteiger partial charge in [-0.1, -0.05) is 40.9 Å². The van der Waals surface area contributed by atoms with Crippen LogP contribution in [0, 0.1) is 0 Å². The molecule has 0 aliphatic rings. The highest BCUT2D eigenvalue weighted by atomic mass is 35.5. The van der Waals surface area contributed by atoms with E-state index in [2.05, 4.69) is 10.3 Å². The number of carbonyl (C=O) groups excluding carboxylic acids is 1. The number of hydrogen-bond acceptors (Lipinski definition) is 2. The van der Waals surface area contributed by atoms with Gasteiger partial charge in [0.15, 0.2) is 0 Å². The quantitative estimate of drug-likeness (QED) is 0.920. The zero-order valence-electron chi connectivity index (χ0n) is 10.4. The van der Waals surface area contributed by atoms with Gasteiger partial charge < -0.3 is 5.32 Å². The molecule has 0 atom stereocenters. The van der Waals surface area contributed by atoms with Crippen molar-refractivity contribution in [2.45, 2.75) is 6.42 Å². The lowest BCUT2D eigenvalue weighted by molar-refractivity contribution is 0.0949. The van der Waals surface area contributed by atoms with E-state index in [1.165, 1.54) is 6.20 Å². The minimum atomic E-state index is -0.305. The Balaban J connectivity index is 1.93. The van der Waals surface area contributed by atoms with Crippen molar-refractivity contribution in [2.75, 3.05) is 6.54 Å². The van der Waals surface area contributed by atoms with Crippen LogP contribution < -0.4 is 5.32 Å². The number of hydrogen-bond donors (Lipinski definition) is 1. The number of amides is 1. The first kappa shape index (κ1) is 15.1. The first-order chi connectivity index (χ1) is 9.58. The van der Waals surface area contributed by atoms with Crippen molar-refractivity contribution >= 4 is 40.7 Å². The Labute approximate surface area is 131 Å². The van der Waals surface area contributed by atoms with E-state index in [-0.39, 0.29) is 11.6 Å². The van der Waals surface area contributed by atoms with Crippen molar-refractivity contribution in [3.8, 4) is 0 Å². The van der Waals surface area contributed by atoms with Crippen LogP contribution in [0.3, 0.4) is 0 Å². The number of benzene rings is 1. The molecule has 0 spiro atoms. The number of aromatic nitrogens is 1. The molecule has 20 heavy (non-hydrogen) atoms. The van der Waals surface area contributed by atoms with Gasteiger partial charge in [0.25, 0.3) is 5.91 Å². The fourth-order valence-electron chi connectivity index (χ4n) is 1.67. The molecule has 0 radical (unpaired) electrons. The maximum absolute atomic E-state index is 11.9. The fourth-order valence-corrected chi connectivity index (χ4v) is 2.38. The first-order valence-corrected chi connectivity index (χ1v) is 7.04. The Bertz CT molecular complexity index is 632. The van der Waals surface area contributed by atoms with Crippen LogP contribution in [0.5, 0.6) is 0 Å². The molecule has 0 bridgehead atoms. The van der Waals surface area contributed by atoms with Gasteiger partial charge in [0.05, 0.1) is 5.02 Å². The maximum atomic E-state index is 11.9. The fraction of sp³-hybridized carbons (Fsp3) is 0.143. The minimum Gasteiger partial charge on any atom is -0.350 e. The zero-order chi connectivity index (χ0) is 14.5.